The molecule has 0 saturated heterocycles. The lowest BCUT2D eigenvalue weighted by atomic mass is 9.49. The van der Waals surface area contributed by atoms with Gasteiger partial charge in [0.15, 0.2) is 5.75 Å². The molecule has 5 aliphatic rings. The van der Waals surface area contributed by atoms with Gasteiger partial charge in [0.2, 0.25) is 5.91 Å². The van der Waals surface area contributed by atoms with Crippen molar-refractivity contribution in [1.29, 1.82) is 0 Å². The van der Waals surface area contributed by atoms with Crippen LogP contribution in [-0.2, 0) is 4.79 Å². The average molecular weight is 402 g/mol. The SMILES string of the molecule is CN1C(=O)c2cc(NC(=O)C34CC5CC(CC(C5)C3)C4)ccc2Oc2ccccc21. The summed E-state index contributed by atoms with van der Waals surface area (Å²) in [6.07, 6.45) is 7.00. The maximum absolute atomic E-state index is 13.4. The molecule has 7 rings (SSSR count). The molecule has 0 unspecified atom stereocenters. The molecule has 0 radical (unpaired) electrons. The molecule has 2 aromatic carbocycles. The van der Waals surface area contributed by atoms with E-state index in [1.54, 1.807) is 24.1 Å². The number of nitrogens with one attached hydrogen (secondary N) is 1. The second-order valence-electron chi connectivity index (χ2n) is 9.80. The predicted molar refractivity (Wildman–Crippen MR) is 115 cm³/mol. The third-order valence-electron chi connectivity index (χ3n) is 7.74. The lowest BCUT2D eigenvalue weighted by molar-refractivity contribution is -0.140. The topological polar surface area (TPSA) is 58.6 Å². The summed E-state index contributed by atoms with van der Waals surface area (Å²) in [5, 5.41) is 3.16. The van der Waals surface area contributed by atoms with Crippen LogP contribution >= 0.6 is 0 Å². The number of carbonyl (C=O) groups excluding carboxylic acids is 2. The van der Waals surface area contributed by atoms with Crippen LogP contribution in [0, 0.1) is 23.2 Å². The third-order valence-corrected chi connectivity index (χ3v) is 7.74. The van der Waals surface area contributed by atoms with Gasteiger partial charge in [-0.2, -0.15) is 0 Å². The molecule has 4 fully saturated rings. The molecule has 4 bridgehead atoms. The number of nitrogens with zero attached hydrogens (tertiary/aromatic N) is 1. The van der Waals surface area contributed by atoms with Crippen molar-refractivity contribution >= 4 is 23.2 Å². The fraction of sp³-hybridized carbons (Fsp3) is 0.440. The van der Waals surface area contributed by atoms with Gasteiger partial charge in [0.25, 0.3) is 5.91 Å². The van der Waals surface area contributed by atoms with Crippen LogP contribution in [0.2, 0.25) is 0 Å². The number of para-hydroxylation sites is 2. The number of carbonyl (C=O) groups is 2. The maximum Gasteiger partial charge on any atom is 0.261 e. The standard InChI is InChI=1S/C25H26N2O3/c1-27-20-4-2-3-5-22(20)30-21-7-6-18(11-19(21)23(27)28)26-24(29)25-12-15-8-16(13-25)10-17(9-15)14-25/h2-7,11,15-17H,8-10,12-14H2,1H3,(H,26,29). The molecule has 0 aromatic heterocycles. The number of hydrogen-bond acceptors (Lipinski definition) is 3. The molecule has 2 aromatic rings. The molecule has 30 heavy (non-hydrogen) atoms. The number of rotatable bonds is 2. The van der Waals surface area contributed by atoms with Gasteiger partial charge in [0, 0.05) is 12.7 Å². The van der Waals surface area contributed by atoms with Crippen molar-refractivity contribution in [2.24, 2.45) is 23.2 Å². The van der Waals surface area contributed by atoms with E-state index in [1.165, 1.54) is 19.3 Å². The smallest absolute Gasteiger partial charge is 0.261 e. The zero-order chi connectivity index (χ0) is 20.5. The summed E-state index contributed by atoms with van der Waals surface area (Å²) >= 11 is 0. The van der Waals surface area contributed by atoms with Crippen molar-refractivity contribution in [3.8, 4) is 11.5 Å². The molecule has 0 atom stereocenters. The van der Waals surface area contributed by atoms with E-state index in [0.717, 1.165) is 42.7 Å². The Morgan fingerprint density at radius 2 is 1.67 bits per heavy atom. The van der Waals surface area contributed by atoms with Crippen molar-refractivity contribution < 1.29 is 14.3 Å². The number of fused-ring (bicyclic) bond motifs is 2. The van der Waals surface area contributed by atoms with Gasteiger partial charge in [0.1, 0.15) is 5.75 Å². The highest BCUT2D eigenvalue weighted by Crippen LogP contribution is 2.60. The molecule has 154 valence electrons. The highest BCUT2D eigenvalue weighted by atomic mass is 16.5. The first-order valence-electron chi connectivity index (χ1n) is 11.0. The van der Waals surface area contributed by atoms with Gasteiger partial charge in [-0.1, -0.05) is 12.1 Å². The van der Waals surface area contributed by atoms with Gasteiger partial charge in [-0.05, 0) is 86.6 Å². The fourth-order valence-electron chi connectivity index (χ4n) is 6.75. The molecular weight excluding hydrogens is 376 g/mol. The first kappa shape index (κ1) is 18.0. The minimum Gasteiger partial charge on any atom is -0.454 e. The van der Waals surface area contributed by atoms with Crippen molar-refractivity contribution in [2.45, 2.75) is 38.5 Å². The Morgan fingerprint density at radius 3 is 2.37 bits per heavy atom. The molecule has 4 saturated carbocycles. The number of ether oxygens (including phenoxy) is 1. The monoisotopic (exact) mass is 402 g/mol. The molecular formula is C25H26N2O3. The molecule has 1 N–H and O–H groups in total. The average Bonchev–Trinajstić information content (AvgIpc) is 2.82. The molecule has 5 heteroatoms. The van der Waals surface area contributed by atoms with Crippen LogP contribution in [0.25, 0.3) is 0 Å². The molecule has 2 amide bonds. The van der Waals surface area contributed by atoms with Crippen molar-refractivity contribution in [1.82, 2.24) is 0 Å². The summed E-state index contributed by atoms with van der Waals surface area (Å²) in [4.78, 5) is 28.1. The van der Waals surface area contributed by atoms with E-state index in [4.69, 9.17) is 4.74 Å². The second kappa shape index (κ2) is 6.34. The van der Waals surface area contributed by atoms with Crippen LogP contribution in [0.4, 0.5) is 11.4 Å². The van der Waals surface area contributed by atoms with E-state index in [1.807, 2.05) is 30.3 Å². The number of hydrogen-bond donors (Lipinski definition) is 1. The van der Waals surface area contributed by atoms with Gasteiger partial charge >= 0.3 is 0 Å². The maximum atomic E-state index is 13.4. The van der Waals surface area contributed by atoms with Gasteiger partial charge in [-0.15, -0.1) is 0 Å². The Kier molecular flexibility index (Phi) is 3.80. The van der Waals surface area contributed by atoms with E-state index < -0.39 is 0 Å². The van der Waals surface area contributed by atoms with Crippen LogP contribution in [-0.4, -0.2) is 18.9 Å². The Morgan fingerprint density at radius 1 is 1.00 bits per heavy atom. The van der Waals surface area contributed by atoms with Crippen LogP contribution in [0.3, 0.4) is 0 Å². The molecule has 1 heterocycles. The van der Waals surface area contributed by atoms with Crippen molar-refractivity contribution in [3.05, 3.63) is 48.0 Å². The van der Waals surface area contributed by atoms with Gasteiger partial charge < -0.3 is 15.0 Å². The Balaban J connectivity index is 1.29. The first-order valence-corrected chi connectivity index (χ1v) is 11.0. The van der Waals surface area contributed by atoms with Crippen molar-refractivity contribution in [3.63, 3.8) is 0 Å². The van der Waals surface area contributed by atoms with E-state index in [-0.39, 0.29) is 17.2 Å². The minimum absolute atomic E-state index is 0.138. The Hall–Kier alpha value is -2.82. The summed E-state index contributed by atoms with van der Waals surface area (Å²) in [5.74, 6) is 3.33. The molecule has 0 spiro atoms. The summed E-state index contributed by atoms with van der Waals surface area (Å²) < 4.78 is 6.03. The van der Waals surface area contributed by atoms with Crippen LogP contribution in [0.5, 0.6) is 11.5 Å². The minimum atomic E-state index is -0.213. The van der Waals surface area contributed by atoms with E-state index in [9.17, 15) is 9.59 Å². The highest BCUT2D eigenvalue weighted by molar-refractivity contribution is 6.10. The van der Waals surface area contributed by atoms with Crippen molar-refractivity contribution in [2.75, 3.05) is 17.3 Å². The highest BCUT2D eigenvalue weighted by Gasteiger charge is 2.54. The van der Waals surface area contributed by atoms with Gasteiger partial charge in [-0.25, -0.2) is 0 Å². The largest absolute Gasteiger partial charge is 0.454 e. The van der Waals surface area contributed by atoms with Gasteiger partial charge in [-0.3, -0.25) is 9.59 Å². The quantitative estimate of drug-likeness (QED) is 0.749. The number of anilines is 2. The zero-order valence-electron chi connectivity index (χ0n) is 17.2. The van der Waals surface area contributed by atoms with E-state index >= 15 is 0 Å². The first-order chi connectivity index (χ1) is 14.5. The zero-order valence-corrected chi connectivity index (χ0v) is 17.2. The summed E-state index contributed by atoms with van der Waals surface area (Å²) in [6.45, 7) is 0. The normalized spacial score (nSPS) is 30.9. The fourth-order valence-corrected chi connectivity index (χ4v) is 6.75. The van der Waals surface area contributed by atoms with Crippen LogP contribution < -0.4 is 15.0 Å². The summed E-state index contributed by atoms with van der Waals surface area (Å²) in [5.41, 5.74) is 1.66. The molecule has 5 nitrogen and oxygen atoms in total. The van der Waals surface area contributed by atoms with E-state index in [2.05, 4.69) is 5.32 Å². The summed E-state index contributed by atoms with van der Waals surface area (Å²) in [6, 6.07) is 12.9. The Bertz CT molecular complexity index is 1020. The number of amides is 2. The summed E-state index contributed by atoms with van der Waals surface area (Å²) in [7, 11) is 1.75. The van der Waals surface area contributed by atoms with Crippen LogP contribution in [0.15, 0.2) is 42.5 Å². The lowest BCUT2D eigenvalue weighted by Crippen LogP contribution is -2.51. The van der Waals surface area contributed by atoms with E-state index in [0.29, 0.717) is 22.7 Å². The van der Waals surface area contributed by atoms with Crippen LogP contribution in [0.1, 0.15) is 48.9 Å². The third kappa shape index (κ3) is 2.68. The second-order valence-corrected chi connectivity index (χ2v) is 9.80. The number of benzene rings is 2. The lowest BCUT2D eigenvalue weighted by Gasteiger charge is -2.55. The molecule has 4 aliphatic carbocycles. The Labute approximate surface area is 176 Å². The molecule has 1 aliphatic heterocycles. The van der Waals surface area contributed by atoms with Gasteiger partial charge in [0.05, 0.1) is 16.7 Å². The predicted octanol–water partition coefficient (Wildman–Crippen LogP) is 5.22.